The van der Waals surface area contributed by atoms with Gasteiger partial charge in [-0.25, -0.2) is 0 Å². The molecule has 2 aliphatic heterocycles. The normalized spacial score (nSPS) is 23.7. The Morgan fingerprint density at radius 1 is 1.36 bits per heavy atom. The number of hydrogen-bond donors (Lipinski definition) is 2. The number of likely N-dealkylation sites (tertiary alicyclic amines) is 1. The Hall–Kier alpha value is -1.92. The summed E-state index contributed by atoms with van der Waals surface area (Å²) >= 11 is 0. The van der Waals surface area contributed by atoms with E-state index in [1.807, 2.05) is 23.4 Å². The van der Waals surface area contributed by atoms with Gasteiger partial charge >= 0.3 is 0 Å². The summed E-state index contributed by atoms with van der Waals surface area (Å²) in [5.41, 5.74) is 0.284. The van der Waals surface area contributed by atoms with E-state index in [1.54, 1.807) is 6.20 Å². The third-order valence-electron chi connectivity index (χ3n) is 5.69. The van der Waals surface area contributed by atoms with Gasteiger partial charge in [-0.2, -0.15) is 0 Å². The van der Waals surface area contributed by atoms with Gasteiger partial charge in [-0.3, -0.25) is 9.78 Å². The third kappa shape index (κ3) is 3.41. The van der Waals surface area contributed by atoms with E-state index in [2.05, 4.69) is 20.9 Å². The predicted molar refractivity (Wildman–Crippen MR) is 96.1 cm³/mol. The van der Waals surface area contributed by atoms with Crippen molar-refractivity contribution >= 4 is 16.8 Å². The van der Waals surface area contributed by atoms with E-state index in [-0.39, 0.29) is 11.8 Å². The first-order chi connectivity index (χ1) is 12.1. The topological polar surface area (TPSA) is 70.4 Å². The molecule has 4 rings (SSSR count). The van der Waals surface area contributed by atoms with Gasteiger partial charge in [0.25, 0.3) is 0 Å². The van der Waals surface area contributed by atoms with Gasteiger partial charge in [-0.05, 0) is 44.4 Å². The van der Waals surface area contributed by atoms with Crippen molar-refractivity contribution in [3.05, 3.63) is 30.7 Å². The lowest BCUT2D eigenvalue weighted by Crippen LogP contribution is -2.51. The van der Waals surface area contributed by atoms with Crippen molar-refractivity contribution in [2.45, 2.75) is 37.8 Å². The Balaban J connectivity index is 1.39. The van der Waals surface area contributed by atoms with Gasteiger partial charge in [0.15, 0.2) is 0 Å². The largest absolute Gasteiger partial charge is 0.388 e. The fourth-order valence-corrected chi connectivity index (χ4v) is 4.11. The molecule has 1 amide bonds. The summed E-state index contributed by atoms with van der Waals surface area (Å²) in [6, 6.07) is 4.03. The molecule has 0 unspecified atom stereocenters. The number of pyridine rings is 1. The lowest BCUT2D eigenvalue weighted by molar-refractivity contribution is -0.140. The zero-order valence-electron chi connectivity index (χ0n) is 14.5. The highest BCUT2D eigenvalue weighted by Gasteiger charge is 2.36. The van der Waals surface area contributed by atoms with E-state index in [1.165, 1.54) is 0 Å². The van der Waals surface area contributed by atoms with Crippen molar-refractivity contribution in [1.82, 2.24) is 19.8 Å². The molecule has 1 atom stereocenters. The first kappa shape index (κ1) is 16.5. The minimum atomic E-state index is -0.761. The molecule has 0 radical (unpaired) electrons. The number of hydrogen-bond acceptors (Lipinski definition) is 4. The monoisotopic (exact) mass is 342 g/mol. The van der Waals surface area contributed by atoms with Crippen LogP contribution in [0.5, 0.6) is 0 Å². The summed E-state index contributed by atoms with van der Waals surface area (Å²) < 4.78 is 2.07. The van der Waals surface area contributed by atoms with Crippen LogP contribution in [0.4, 0.5) is 0 Å². The van der Waals surface area contributed by atoms with Crippen molar-refractivity contribution in [3.8, 4) is 0 Å². The van der Waals surface area contributed by atoms with E-state index in [4.69, 9.17) is 0 Å². The average molecular weight is 342 g/mol. The van der Waals surface area contributed by atoms with Gasteiger partial charge in [0.2, 0.25) is 5.91 Å². The number of carbonyl (C=O) groups excluding carboxylic acids is 1. The first-order valence-electron chi connectivity index (χ1n) is 9.25. The van der Waals surface area contributed by atoms with Crippen LogP contribution in [0.3, 0.4) is 0 Å². The van der Waals surface area contributed by atoms with E-state index in [9.17, 15) is 9.90 Å². The smallest absolute Gasteiger partial charge is 0.226 e. The second-order valence-electron chi connectivity index (χ2n) is 7.47. The molecular weight excluding hydrogens is 316 g/mol. The van der Waals surface area contributed by atoms with Crippen molar-refractivity contribution in [2.75, 3.05) is 26.2 Å². The van der Waals surface area contributed by atoms with Crippen LogP contribution in [-0.4, -0.2) is 57.2 Å². The van der Waals surface area contributed by atoms with Crippen LogP contribution < -0.4 is 5.32 Å². The molecule has 2 aromatic rings. The highest BCUT2D eigenvalue weighted by molar-refractivity contribution is 5.79. The molecular formula is C19H26N4O2. The van der Waals surface area contributed by atoms with Crippen molar-refractivity contribution in [2.24, 2.45) is 5.92 Å². The number of rotatable bonds is 3. The van der Waals surface area contributed by atoms with Crippen molar-refractivity contribution in [3.63, 3.8) is 0 Å². The summed E-state index contributed by atoms with van der Waals surface area (Å²) in [6.45, 7) is 3.65. The molecule has 2 saturated heterocycles. The quantitative estimate of drug-likeness (QED) is 0.884. The number of nitrogens with one attached hydrogen (secondary N) is 1. The maximum absolute atomic E-state index is 12.6. The zero-order chi connectivity index (χ0) is 17.3. The van der Waals surface area contributed by atoms with Crippen molar-refractivity contribution in [1.29, 1.82) is 0 Å². The minimum Gasteiger partial charge on any atom is -0.388 e. The standard InChI is InChI=1S/C19H26N4O2/c24-18(16-2-1-7-20-12-16)22-10-5-19(25,6-11-22)14-23-9-4-15-3-8-21-13-17(15)23/h3-4,8-9,13,16,20,25H,1-2,5-7,10-12,14H2/t16-/m1/s1. The molecule has 0 bridgehead atoms. The molecule has 25 heavy (non-hydrogen) atoms. The van der Waals surface area contributed by atoms with Crippen LogP contribution in [0.2, 0.25) is 0 Å². The molecule has 2 N–H and O–H groups in total. The van der Waals surface area contributed by atoms with Gasteiger partial charge < -0.3 is 19.9 Å². The number of amides is 1. The number of carbonyl (C=O) groups is 1. The van der Waals surface area contributed by atoms with Gasteiger partial charge in [-0.15, -0.1) is 0 Å². The number of nitrogens with zero attached hydrogens (tertiary/aromatic N) is 3. The van der Waals surface area contributed by atoms with Crippen LogP contribution >= 0.6 is 0 Å². The second-order valence-corrected chi connectivity index (χ2v) is 7.47. The fourth-order valence-electron chi connectivity index (χ4n) is 4.11. The minimum absolute atomic E-state index is 0.111. The summed E-state index contributed by atoms with van der Waals surface area (Å²) in [6.07, 6.45) is 8.93. The Labute approximate surface area is 147 Å². The molecule has 2 aliphatic rings. The summed E-state index contributed by atoms with van der Waals surface area (Å²) in [4.78, 5) is 18.8. The Morgan fingerprint density at radius 2 is 2.20 bits per heavy atom. The molecule has 6 heteroatoms. The molecule has 2 aromatic heterocycles. The van der Waals surface area contributed by atoms with E-state index in [0.717, 1.165) is 36.8 Å². The number of aromatic nitrogens is 2. The molecule has 4 heterocycles. The molecule has 0 aliphatic carbocycles. The number of fused-ring (bicyclic) bond motifs is 1. The number of aliphatic hydroxyl groups is 1. The summed E-state index contributed by atoms with van der Waals surface area (Å²) in [5.74, 6) is 0.365. The van der Waals surface area contributed by atoms with Gasteiger partial charge in [0, 0.05) is 37.4 Å². The first-order valence-corrected chi connectivity index (χ1v) is 9.25. The SMILES string of the molecule is O=C([C@@H]1CCCNC1)N1CCC(O)(Cn2ccc3ccncc32)CC1. The van der Waals surface area contributed by atoms with Crippen LogP contribution in [0.1, 0.15) is 25.7 Å². The van der Waals surface area contributed by atoms with Crippen LogP contribution in [0.25, 0.3) is 10.9 Å². The van der Waals surface area contributed by atoms with E-state index < -0.39 is 5.60 Å². The maximum atomic E-state index is 12.6. The summed E-state index contributed by atoms with van der Waals surface area (Å²) in [5, 5.41) is 15.5. The van der Waals surface area contributed by atoms with E-state index in [0.29, 0.717) is 32.5 Å². The maximum Gasteiger partial charge on any atom is 0.226 e. The highest BCUT2D eigenvalue weighted by Crippen LogP contribution is 2.27. The Bertz CT molecular complexity index is 743. The fraction of sp³-hybridized carbons (Fsp3) is 0.579. The number of piperidine rings is 2. The Morgan fingerprint density at radius 3 is 2.96 bits per heavy atom. The van der Waals surface area contributed by atoms with Gasteiger partial charge in [0.05, 0.1) is 29.8 Å². The lowest BCUT2D eigenvalue weighted by atomic mass is 9.89. The van der Waals surface area contributed by atoms with Crippen molar-refractivity contribution < 1.29 is 9.90 Å². The summed E-state index contributed by atoms with van der Waals surface area (Å²) in [7, 11) is 0. The average Bonchev–Trinajstić information content (AvgIpc) is 3.05. The third-order valence-corrected chi connectivity index (χ3v) is 5.69. The van der Waals surface area contributed by atoms with Crippen LogP contribution in [0.15, 0.2) is 30.7 Å². The van der Waals surface area contributed by atoms with Crippen LogP contribution in [0, 0.1) is 5.92 Å². The molecule has 0 saturated carbocycles. The van der Waals surface area contributed by atoms with Crippen LogP contribution in [-0.2, 0) is 11.3 Å². The Kier molecular flexibility index (Phi) is 4.48. The van der Waals surface area contributed by atoms with Gasteiger partial charge in [0.1, 0.15) is 0 Å². The highest BCUT2D eigenvalue weighted by atomic mass is 16.3. The zero-order valence-corrected chi connectivity index (χ0v) is 14.5. The van der Waals surface area contributed by atoms with E-state index >= 15 is 0 Å². The predicted octanol–water partition coefficient (Wildman–Crippen LogP) is 1.39. The molecule has 134 valence electrons. The molecule has 6 nitrogen and oxygen atoms in total. The molecule has 0 spiro atoms. The van der Waals surface area contributed by atoms with Gasteiger partial charge in [-0.1, -0.05) is 0 Å². The molecule has 2 fully saturated rings. The molecule has 0 aromatic carbocycles. The second kappa shape index (κ2) is 6.77. The lowest BCUT2D eigenvalue weighted by Gasteiger charge is -2.40.